The first kappa shape index (κ1) is 15.7. The van der Waals surface area contributed by atoms with E-state index >= 15 is 0 Å². The molecule has 0 spiro atoms. The van der Waals surface area contributed by atoms with E-state index in [4.69, 9.17) is 16.0 Å². The predicted octanol–water partition coefficient (Wildman–Crippen LogP) is 5.34. The molecule has 0 amide bonds. The normalized spacial score (nSPS) is 12.0. The first-order chi connectivity index (χ1) is 10.8. The van der Waals surface area contributed by atoms with Crippen molar-refractivity contribution in [1.29, 1.82) is 0 Å². The molecule has 0 saturated heterocycles. The number of fused-ring (bicyclic) bond motifs is 1. The number of benzene rings is 2. The van der Waals surface area contributed by atoms with Crippen LogP contribution in [-0.2, 0) is 0 Å². The summed E-state index contributed by atoms with van der Waals surface area (Å²) >= 11 is 6.41. The van der Waals surface area contributed by atoms with Gasteiger partial charge in [0.05, 0.1) is 6.33 Å². The minimum atomic E-state index is -0.136. The maximum Gasteiger partial charge on any atom is 0.134 e. The van der Waals surface area contributed by atoms with Gasteiger partial charge in [-0.05, 0) is 18.2 Å². The molecule has 4 aromatic rings. The molecule has 2 aromatic carbocycles. The molecule has 0 saturated carbocycles. The number of aromatic nitrogens is 2. The molecule has 3 nitrogen and oxygen atoms in total. The summed E-state index contributed by atoms with van der Waals surface area (Å²) in [6.45, 7) is 0. The molecule has 0 radical (unpaired) electrons. The summed E-state index contributed by atoms with van der Waals surface area (Å²) in [6.07, 6.45) is 5.45. The molecular formula is C18H14Cl2N2O. The molecule has 0 bridgehead atoms. The molecule has 0 aliphatic carbocycles. The fraction of sp³-hybridized carbons (Fsp3) is 0.0556. The summed E-state index contributed by atoms with van der Waals surface area (Å²) in [7, 11) is 0. The summed E-state index contributed by atoms with van der Waals surface area (Å²) in [5.74, 6) is 0.840. The van der Waals surface area contributed by atoms with E-state index in [1.807, 2.05) is 59.3 Å². The third kappa shape index (κ3) is 2.85. The minimum absolute atomic E-state index is 0. The van der Waals surface area contributed by atoms with Gasteiger partial charge in [0, 0.05) is 28.4 Å². The molecule has 0 N–H and O–H groups in total. The molecule has 2 heterocycles. The Balaban J connectivity index is 0.00000156. The number of hydrogen-bond donors (Lipinski definition) is 0. The van der Waals surface area contributed by atoms with Gasteiger partial charge in [0.15, 0.2) is 0 Å². The van der Waals surface area contributed by atoms with Gasteiger partial charge in [0.2, 0.25) is 0 Å². The average molecular weight is 345 g/mol. The third-order valence-corrected chi connectivity index (χ3v) is 4.08. The van der Waals surface area contributed by atoms with E-state index in [1.165, 1.54) is 0 Å². The molecule has 4 rings (SSSR count). The van der Waals surface area contributed by atoms with Gasteiger partial charge in [-0.3, -0.25) is 0 Å². The number of nitrogens with zero attached hydrogens (tertiary/aromatic N) is 2. The summed E-state index contributed by atoms with van der Waals surface area (Å²) in [5, 5.41) is 1.79. The van der Waals surface area contributed by atoms with Crippen LogP contribution < -0.4 is 0 Å². The highest BCUT2D eigenvalue weighted by atomic mass is 35.5. The van der Waals surface area contributed by atoms with Crippen LogP contribution in [0, 0.1) is 0 Å². The number of halogens is 2. The summed E-state index contributed by atoms with van der Waals surface area (Å²) in [6, 6.07) is 17.7. The van der Waals surface area contributed by atoms with Crippen LogP contribution in [0.25, 0.3) is 11.0 Å². The van der Waals surface area contributed by atoms with Crippen molar-refractivity contribution < 1.29 is 4.42 Å². The smallest absolute Gasteiger partial charge is 0.134 e. The van der Waals surface area contributed by atoms with Crippen LogP contribution in [-0.4, -0.2) is 9.55 Å². The molecule has 1 atom stereocenters. The van der Waals surface area contributed by atoms with E-state index in [-0.39, 0.29) is 18.4 Å². The lowest BCUT2D eigenvalue weighted by Crippen LogP contribution is -2.10. The second kappa shape index (κ2) is 6.49. The Morgan fingerprint density at radius 1 is 1.04 bits per heavy atom. The molecule has 0 fully saturated rings. The van der Waals surface area contributed by atoms with Gasteiger partial charge < -0.3 is 8.98 Å². The SMILES string of the molecule is Cl.Clc1ccccc1C(c1cc2ccccc2o1)n1ccnc1. The third-order valence-electron chi connectivity index (χ3n) is 3.74. The van der Waals surface area contributed by atoms with Crippen LogP contribution in [0.5, 0.6) is 0 Å². The molecule has 23 heavy (non-hydrogen) atoms. The average Bonchev–Trinajstić information content (AvgIpc) is 3.19. The van der Waals surface area contributed by atoms with Crippen molar-refractivity contribution in [1.82, 2.24) is 9.55 Å². The number of imidazole rings is 1. The van der Waals surface area contributed by atoms with Gasteiger partial charge in [0.1, 0.15) is 17.4 Å². The molecular weight excluding hydrogens is 331 g/mol. The maximum atomic E-state index is 6.41. The highest BCUT2D eigenvalue weighted by Crippen LogP contribution is 2.34. The minimum Gasteiger partial charge on any atom is -0.458 e. The Labute approximate surface area is 144 Å². The van der Waals surface area contributed by atoms with Gasteiger partial charge in [-0.1, -0.05) is 48.0 Å². The fourth-order valence-corrected chi connectivity index (χ4v) is 2.96. The van der Waals surface area contributed by atoms with Crippen molar-refractivity contribution in [3.05, 3.63) is 89.7 Å². The first-order valence-corrected chi connectivity index (χ1v) is 7.41. The second-order valence-corrected chi connectivity index (χ2v) is 5.53. The zero-order chi connectivity index (χ0) is 14.9. The van der Waals surface area contributed by atoms with Crippen LogP contribution in [0.2, 0.25) is 5.02 Å². The standard InChI is InChI=1S/C18H13ClN2O.ClH/c19-15-7-3-2-6-14(15)18(21-10-9-20-12-21)17-11-13-5-1-4-8-16(13)22-17;/h1-12,18H;1H. The molecule has 116 valence electrons. The van der Waals surface area contributed by atoms with E-state index in [2.05, 4.69) is 11.1 Å². The van der Waals surface area contributed by atoms with Crippen molar-refractivity contribution in [2.45, 2.75) is 6.04 Å². The Kier molecular flexibility index (Phi) is 4.42. The lowest BCUT2D eigenvalue weighted by Gasteiger charge is -2.17. The van der Waals surface area contributed by atoms with Crippen molar-refractivity contribution in [2.24, 2.45) is 0 Å². The van der Waals surface area contributed by atoms with Crippen molar-refractivity contribution in [3.63, 3.8) is 0 Å². The van der Waals surface area contributed by atoms with Gasteiger partial charge >= 0.3 is 0 Å². The molecule has 2 aromatic heterocycles. The summed E-state index contributed by atoms with van der Waals surface area (Å²) < 4.78 is 8.06. The number of rotatable bonds is 3. The van der Waals surface area contributed by atoms with Gasteiger partial charge in [-0.25, -0.2) is 4.98 Å². The van der Waals surface area contributed by atoms with Crippen LogP contribution in [0.4, 0.5) is 0 Å². The quantitative estimate of drug-likeness (QED) is 0.502. The maximum absolute atomic E-state index is 6.41. The Morgan fingerprint density at radius 2 is 1.83 bits per heavy atom. The van der Waals surface area contributed by atoms with Crippen molar-refractivity contribution >= 4 is 35.0 Å². The van der Waals surface area contributed by atoms with Crippen LogP contribution in [0.1, 0.15) is 17.4 Å². The lowest BCUT2D eigenvalue weighted by atomic mass is 10.0. The van der Waals surface area contributed by atoms with Crippen molar-refractivity contribution in [2.75, 3.05) is 0 Å². The van der Waals surface area contributed by atoms with Crippen molar-refractivity contribution in [3.8, 4) is 0 Å². The zero-order valence-corrected chi connectivity index (χ0v) is 13.7. The monoisotopic (exact) mass is 344 g/mol. The van der Waals surface area contributed by atoms with E-state index in [0.717, 1.165) is 22.3 Å². The number of furan rings is 1. The highest BCUT2D eigenvalue weighted by Gasteiger charge is 2.22. The Hall–Kier alpha value is -2.23. The first-order valence-electron chi connectivity index (χ1n) is 7.03. The Bertz CT molecular complexity index is 883. The molecule has 1 unspecified atom stereocenters. The zero-order valence-electron chi connectivity index (χ0n) is 12.1. The van der Waals surface area contributed by atoms with Crippen LogP contribution in [0.3, 0.4) is 0 Å². The van der Waals surface area contributed by atoms with Crippen LogP contribution >= 0.6 is 24.0 Å². The topological polar surface area (TPSA) is 31.0 Å². The number of para-hydroxylation sites is 1. The predicted molar refractivity (Wildman–Crippen MR) is 94.4 cm³/mol. The second-order valence-electron chi connectivity index (χ2n) is 5.12. The van der Waals surface area contributed by atoms with E-state index in [9.17, 15) is 0 Å². The molecule has 0 aliphatic heterocycles. The van der Waals surface area contributed by atoms with Crippen LogP contribution in [0.15, 0.2) is 77.7 Å². The largest absolute Gasteiger partial charge is 0.458 e. The van der Waals surface area contributed by atoms with E-state index in [1.54, 1.807) is 12.5 Å². The fourth-order valence-electron chi connectivity index (χ4n) is 2.72. The summed E-state index contributed by atoms with van der Waals surface area (Å²) in [4.78, 5) is 4.16. The lowest BCUT2D eigenvalue weighted by molar-refractivity contribution is 0.488. The van der Waals surface area contributed by atoms with Gasteiger partial charge in [-0.2, -0.15) is 0 Å². The van der Waals surface area contributed by atoms with Gasteiger partial charge in [0.25, 0.3) is 0 Å². The number of hydrogen-bond acceptors (Lipinski definition) is 2. The van der Waals surface area contributed by atoms with E-state index in [0.29, 0.717) is 5.02 Å². The Morgan fingerprint density at radius 3 is 2.57 bits per heavy atom. The van der Waals surface area contributed by atoms with E-state index < -0.39 is 0 Å². The molecule has 0 aliphatic rings. The highest BCUT2D eigenvalue weighted by molar-refractivity contribution is 6.31. The van der Waals surface area contributed by atoms with Gasteiger partial charge in [-0.15, -0.1) is 12.4 Å². The molecule has 5 heteroatoms. The summed E-state index contributed by atoms with van der Waals surface area (Å²) in [5.41, 5.74) is 1.86.